The van der Waals surface area contributed by atoms with Gasteiger partial charge in [-0.2, -0.15) is 4.98 Å². The molecular weight excluding hydrogens is 376 g/mol. The van der Waals surface area contributed by atoms with Crippen molar-refractivity contribution in [1.29, 1.82) is 0 Å². The van der Waals surface area contributed by atoms with Crippen molar-refractivity contribution in [3.05, 3.63) is 60.8 Å². The van der Waals surface area contributed by atoms with Gasteiger partial charge in [0.15, 0.2) is 5.65 Å². The van der Waals surface area contributed by atoms with Gasteiger partial charge < -0.3 is 19.3 Å². The van der Waals surface area contributed by atoms with E-state index in [0.717, 1.165) is 36.7 Å². The van der Waals surface area contributed by atoms with Crippen molar-refractivity contribution >= 4 is 28.7 Å². The van der Waals surface area contributed by atoms with Crippen LogP contribution in [-0.2, 0) is 11.3 Å². The molecule has 156 valence electrons. The summed E-state index contributed by atoms with van der Waals surface area (Å²) in [7, 11) is 5.98. The largest absolute Gasteiger partial charge is 0.341 e. The number of imidazole rings is 1. The van der Waals surface area contributed by atoms with Gasteiger partial charge in [0.1, 0.15) is 0 Å². The Morgan fingerprint density at radius 1 is 1.27 bits per heavy atom. The van der Waals surface area contributed by atoms with Crippen LogP contribution in [-0.4, -0.2) is 65.6 Å². The summed E-state index contributed by atoms with van der Waals surface area (Å²) in [6.07, 6.45) is 4.11. The second kappa shape index (κ2) is 8.28. The average molecular weight is 405 g/mol. The van der Waals surface area contributed by atoms with Gasteiger partial charge in [0.05, 0.1) is 23.9 Å². The second-order valence-corrected chi connectivity index (χ2v) is 7.97. The van der Waals surface area contributed by atoms with E-state index in [4.69, 9.17) is 4.98 Å². The molecule has 1 aromatic carbocycles. The van der Waals surface area contributed by atoms with Gasteiger partial charge in [-0.15, -0.1) is 0 Å². The van der Waals surface area contributed by atoms with Crippen LogP contribution in [0, 0.1) is 0 Å². The molecule has 1 aliphatic heterocycles. The maximum absolute atomic E-state index is 12.1. The molecule has 4 rings (SSSR count). The van der Waals surface area contributed by atoms with Crippen molar-refractivity contribution in [3.63, 3.8) is 0 Å². The Kier molecular flexibility index (Phi) is 5.55. The van der Waals surface area contributed by atoms with Crippen LogP contribution in [0.1, 0.15) is 12.0 Å². The zero-order valence-corrected chi connectivity index (χ0v) is 17.8. The first-order valence-electron chi connectivity index (χ1n) is 10.2. The van der Waals surface area contributed by atoms with Crippen LogP contribution in [0.2, 0.25) is 0 Å². The van der Waals surface area contributed by atoms with Gasteiger partial charge in [-0.05, 0) is 38.2 Å². The highest BCUT2D eigenvalue weighted by Gasteiger charge is 2.28. The van der Waals surface area contributed by atoms with E-state index in [2.05, 4.69) is 52.2 Å². The number of likely N-dealkylation sites (N-methyl/N-ethyl adjacent to an activating group) is 2. The van der Waals surface area contributed by atoms with Crippen molar-refractivity contribution in [3.8, 4) is 0 Å². The van der Waals surface area contributed by atoms with Crippen molar-refractivity contribution in [2.24, 2.45) is 0 Å². The molecule has 1 amide bonds. The number of nitrogens with zero attached hydrogens (tertiary/aromatic N) is 6. The summed E-state index contributed by atoms with van der Waals surface area (Å²) in [5.74, 6) is 0.763. The summed E-state index contributed by atoms with van der Waals surface area (Å²) in [5, 5.41) is 0. The van der Waals surface area contributed by atoms with Crippen molar-refractivity contribution in [2.75, 3.05) is 44.0 Å². The van der Waals surface area contributed by atoms with Gasteiger partial charge in [-0.3, -0.25) is 4.79 Å². The SMILES string of the molecule is C=CC(=O)N(C)c1cnc2nc(N3CCC(N(C)C)C3)n(Cc3ccccc3)c2c1. The summed E-state index contributed by atoms with van der Waals surface area (Å²) in [6.45, 7) is 6.17. The molecule has 30 heavy (non-hydrogen) atoms. The molecule has 0 aliphatic carbocycles. The normalized spacial score (nSPS) is 16.4. The fraction of sp³-hybridized carbons (Fsp3) is 0.348. The predicted octanol–water partition coefficient (Wildman–Crippen LogP) is 2.77. The first-order valence-corrected chi connectivity index (χ1v) is 10.2. The molecule has 1 atom stereocenters. The van der Waals surface area contributed by atoms with Gasteiger partial charge >= 0.3 is 0 Å². The van der Waals surface area contributed by atoms with Gasteiger partial charge in [0.25, 0.3) is 0 Å². The van der Waals surface area contributed by atoms with E-state index < -0.39 is 0 Å². The highest BCUT2D eigenvalue weighted by atomic mass is 16.2. The number of pyridine rings is 1. The second-order valence-electron chi connectivity index (χ2n) is 7.97. The van der Waals surface area contributed by atoms with Gasteiger partial charge in [-0.25, -0.2) is 4.98 Å². The van der Waals surface area contributed by atoms with Crippen LogP contribution >= 0.6 is 0 Å². The molecule has 1 fully saturated rings. The molecule has 2 aromatic heterocycles. The van der Waals surface area contributed by atoms with Crippen molar-refractivity contribution < 1.29 is 4.79 Å². The molecule has 1 unspecified atom stereocenters. The minimum absolute atomic E-state index is 0.168. The van der Waals surface area contributed by atoms with Gasteiger partial charge in [0.2, 0.25) is 11.9 Å². The van der Waals surface area contributed by atoms with Crippen molar-refractivity contribution in [1.82, 2.24) is 19.4 Å². The molecular formula is C23H28N6O. The first kappa shape index (κ1) is 20.1. The van der Waals surface area contributed by atoms with Crippen LogP contribution in [0.15, 0.2) is 55.3 Å². The third-order valence-corrected chi connectivity index (χ3v) is 5.82. The Balaban J connectivity index is 1.79. The van der Waals surface area contributed by atoms with E-state index in [1.165, 1.54) is 11.6 Å². The van der Waals surface area contributed by atoms with E-state index in [0.29, 0.717) is 18.2 Å². The summed E-state index contributed by atoms with van der Waals surface area (Å²) in [4.78, 5) is 27.7. The fourth-order valence-corrected chi connectivity index (χ4v) is 3.94. The Morgan fingerprint density at radius 2 is 2.03 bits per heavy atom. The zero-order valence-electron chi connectivity index (χ0n) is 17.8. The van der Waals surface area contributed by atoms with Crippen LogP contribution in [0.3, 0.4) is 0 Å². The minimum atomic E-state index is -0.168. The molecule has 1 saturated heterocycles. The number of rotatable bonds is 6. The molecule has 0 N–H and O–H groups in total. The molecule has 7 heteroatoms. The highest BCUT2D eigenvalue weighted by Crippen LogP contribution is 2.29. The number of carbonyl (C=O) groups is 1. The molecule has 3 aromatic rings. The lowest BCUT2D eigenvalue weighted by atomic mass is 10.2. The minimum Gasteiger partial charge on any atom is -0.341 e. The number of carbonyl (C=O) groups excluding carboxylic acids is 1. The van der Waals surface area contributed by atoms with E-state index in [9.17, 15) is 4.79 Å². The van der Waals surface area contributed by atoms with Crippen LogP contribution in [0.25, 0.3) is 11.2 Å². The Bertz CT molecular complexity index is 1060. The molecule has 0 saturated carbocycles. The number of aromatic nitrogens is 3. The number of amides is 1. The summed E-state index contributed by atoms with van der Waals surface area (Å²) in [6, 6.07) is 12.9. The van der Waals surface area contributed by atoms with Crippen LogP contribution < -0.4 is 9.80 Å². The number of hydrogen-bond acceptors (Lipinski definition) is 5. The van der Waals surface area contributed by atoms with Crippen molar-refractivity contribution in [2.45, 2.75) is 19.0 Å². The quantitative estimate of drug-likeness (QED) is 0.592. The Labute approximate surface area is 177 Å². The Morgan fingerprint density at radius 3 is 2.70 bits per heavy atom. The average Bonchev–Trinajstić information content (AvgIpc) is 3.38. The third-order valence-electron chi connectivity index (χ3n) is 5.82. The smallest absolute Gasteiger partial charge is 0.250 e. The topological polar surface area (TPSA) is 57.5 Å². The summed E-state index contributed by atoms with van der Waals surface area (Å²) in [5.41, 5.74) is 3.53. The lowest BCUT2D eigenvalue weighted by molar-refractivity contribution is -0.113. The molecule has 7 nitrogen and oxygen atoms in total. The highest BCUT2D eigenvalue weighted by molar-refractivity contribution is 6.01. The van der Waals surface area contributed by atoms with Crippen LogP contribution in [0.4, 0.5) is 11.6 Å². The first-order chi connectivity index (χ1) is 14.5. The van der Waals surface area contributed by atoms with Gasteiger partial charge in [-0.1, -0.05) is 36.9 Å². The molecule has 0 bridgehead atoms. The standard InChI is InChI=1S/C23H28N6O/c1-5-21(30)27(4)19-13-20-22(24-14-19)25-23(28-12-11-18(16-28)26(2)3)29(20)15-17-9-7-6-8-10-17/h5-10,13-14,18H,1,11-12,15-16H2,2-4H3. The fourth-order valence-electron chi connectivity index (χ4n) is 3.94. The van der Waals surface area contributed by atoms with Gasteiger partial charge in [0, 0.05) is 26.2 Å². The molecule has 0 spiro atoms. The Hall–Kier alpha value is -3.19. The lowest BCUT2D eigenvalue weighted by Crippen LogP contribution is -2.32. The zero-order chi connectivity index (χ0) is 21.3. The molecule has 0 radical (unpaired) electrons. The lowest BCUT2D eigenvalue weighted by Gasteiger charge is -2.22. The summed E-state index contributed by atoms with van der Waals surface area (Å²) >= 11 is 0. The predicted molar refractivity (Wildman–Crippen MR) is 121 cm³/mol. The summed E-state index contributed by atoms with van der Waals surface area (Å²) < 4.78 is 2.21. The number of fused-ring (bicyclic) bond motifs is 1. The van der Waals surface area contributed by atoms with E-state index in [1.807, 2.05) is 24.3 Å². The molecule has 1 aliphatic rings. The number of anilines is 2. The monoisotopic (exact) mass is 404 g/mol. The maximum atomic E-state index is 12.1. The number of benzene rings is 1. The van der Waals surface area contributed by atoms with E-state index in [1.54, 1.807) is 18.1 Å². The van der Waals surface area contributed by atoms with E-state index >= 15 is 0 Å². The maximum Gasteiger partial charge on any atom is 0.250 e. The van der Waals surface area contributed by atoms with E-state index in [-0.39, 0.29) is 5.91 Å². The number of hydrogen-bond donors (Lipinski definition) is 0. The third kappa shape index (κ3) is 3.80. The molecule has 3 heterocycles. The van der Waals surface area contributed by atoms with Crippen LogP contribution in [0.5, 0.6) is 0 Å².